The van der Waals surface area contributed by atoms with E-state index < -0.39 is 0 Å². The molecule has 21 heavy (non-hydrogen) atoms. The Morgan fingerprint density at radius 1 is 1.19 bits per heavy atom. The van der Waals surface area contributed by atoms with Crippen molar-refractivity contribution in [2.24, 2.45) is 0 Å². The first-order chi connectivity index (χ1) is 10.1. The van der Waals surface area contributed by atoms with Crippen LogP contribution in [0.3, 0.4) is 0 Å². The topological polar surface area (TPSA) is 42.7 Å². The van der Waals surface area contributed by atoms with Gasteiger partial charge in [0.2, 0.25) is 0 Å². The van der Waals surface area contributed by atoms with Crippen molar-refractivity contribution in [3.8, 4) is 5.69 Å². The van der Waals surface area contributed by atoms with Gasteiger partial charge in [-0.25, -0.2) is 9.67 Å². The standard InChI is InChI=1S/C13H9Cl3N4S/c14-8-4-19-20(7-8)12-2-1-9(3-11(12)15)17-5-10-6-18-13(16)21-10/h1-4,6-7,17H,5H2. The smallest absolute Gasteiger partial charge is 0.183 e. The number of anilines is 1. The second kappa shape index (κ2) is 6.23. The molecule has 0 atom stereocenters. The number of halogens is 3. The third-order valence-corrected chi connectivity index (χ3v) is 4.35. The van der Waals surface area contributed by atoms with E-state index in [2.05, 4.69) is 15.4 Å². The monoisotopic (exact) mass is 358 g/mol. The van der Waals surface area contributed by atoms with Crippen molar-refractivity contribution >= 4 is 51.8 Å². The van der Waals surface area contributed by atoms with Gasteiger partial charge in [-0.3, -0.25) is 0 Å². The van der Waals surface area contributed by atoms with E-state index in [1.54, 1.807) is 23.3 Å². The van der Waals surface area contributed by atoms with Crippen molar-refractivity contribution in [3.05, 3.63) is 56.2 Å². The third-order valence-electron chi connectivity index (χ3n) is 2.74. The quantitative estimate of drug-likeness (QED) is 0.720. The molecular formula is C13H9Cl3N4S. The van der Waals surface area contributed by atoms with Gasteiger partial charge in [0.05, 0.1) is 28.5 Å². The van der Waals surface area contributed by atoms with Gasteiger partial charge in [0.15, 0.2) is 4.47 Å². The first kappa shape index (κ1) is 14.7. The molecule has 0 fully saturated rings. The number of hydrogen-bond donors (Lipinski definition) is 1. The maximum absolute atomic E-state index is 6.28. The molecule has 0 spiro atoms. The van der Waals surface area contributed by atoms with Crippen molar-refractivity contribution in [3.63, 3.8) is 0 Å². The summed E-state index contributed by atoms with van der Waals surface area (Å²) in [5, 5.41) is 8.55. The van der Waals surface area contributed by atoms with Crippen LogP contribution in [0.5, 0.6) is 0 Å². The number of aromatic nitrogens is 3. The molecule has 0 aliphatic heterocycles. The van der Waals surface area contributed by atoms with Crippen molar-refractivity contribution in [1.29, 1.82) is 0 Å². The molecule has 0 radical (unpaired) electrons. The highest BCUT2D eigenvalue weighted by Crippen LogP contribution is 2.26. The van der Waals surface area contributed by atoms with Crippen LogP contribution in [0.15, 0.2) is 36.8 Å². The normalized spacial score (nSPS) is 10.8. The molecular weight excluding hydrogens is 351 g/mol. The SMILES string of the molecule is Clc1cnn(-c2ccc(NCc3cnc(Cl)s3)cc2Cl)c1. The van der Waals surface area contributed by atoms with E-state index in [4.69, 9.17) is 34.8 Å². The van der Waals surface area contributed by atoms with Crippen LogP contribution in [0.2, 0.25) is 14.5 Å². The van der Waals surface area contributed by atoms with Crippen molar-refractivity contribution in [1.82, 2.24) is 14.8 Å². The summed E-state index contributed by atoms with van der Waals surface area (Å²) in [5.41, 5.74) is 1.68. The summed E-state index contributed by atoms with van der Waals surface area (Å²) >= 11 is 19.4. The number of nitrogens with zero attached hydrogens (tertiary/aromatic N) is 3. The van der Waals surface area contributed by atoms with E-state index in [0.29, 0.717) is 21.1 Å². The molecule has 1 aromatic carbocycles. The number of thiazole rings is 1. The molecule has 8 heteroatoms. The molecule has 2 heterocycles. The summed E-state index contributed by atoms with van der Waals surface area (Å²) in [6.07, 6.45) is 5.02. The van der Waals surface area contributed by atoms with Gasteiger partial charge in [0.25, 0.3) is 0 Å². The van der Waals surface area contributed by atoms with E-state index >= 15 is 0 Å². The van der Waals surface area contributed by atoms with E-state index in [-0.39, 0.29) is 0 Å². The summed E-state index contributed by atoms with van der Waals surface area (Å²) in [6, 6.07) is 5.65. The summed E-state index contributed by atoms with van der Waals surface area (Å²) < 4.78 is 2.17. The Bertz CT molecular complexity index is 768. The molecule has 0 saturated heterocycles. The molecule has 0 aliphatic rings. The molecule has 3 rings (SSSR count). The van der Waals surface area contributed by atoms with E-state index in [1.807, 2.05) is 18.2 Å². The van der Waals surface area contributed by atoms with Crippen LogP contribution in [0, 0.1) is 0 Å². The maximum atomic E-state index is 6.28. The fourth-order valence-corrected chi connectivity index (χ4v) is 3.11. The lowest BCUT2D eigenvalue weighted by Crippen LogP contribution is -1.99. The van der Waals surface area contributed by atoms with Crippen LogP contribution >= 0.6 is 46.1 Å². The molecule has 0 bridgehead atoms. The van der Waals surface area contributed by atoms with Crippen LogP contribution in [-0.4, -0.2) is 14.8 Å². The van der Waals surface area contributed by atoms with Gasteiger partial charge >= 0.3 is 0 Å². The fraction of sp³-hybridized carbons (Fsp3) is 0.0769. The largest absolute Gasteiger partial charge is 0.380 e. The predicted molar refractivity (Wildman–Crippen MR) is 88.0 cm³/mol. The molecule has 0 aliphatic carbocycles. The van der Waals surface area contributed by atoms with Gasteiger partial charge < -0.3 is 5.32 Å². The van der Waals surface area contributed by atoms with E-state index in [1.165, 1.54) is 11.3 Å². The zero-order valence-electron chi connectivity index (χ0n) is 10.6. The first-order valence-corrected chi connectivity index (χ1v) is 7.91. The van der Waals surface area contributed by atoms with Crippen molar-refractivity contribution in [2.45, 2.75) is 6.54 Å². The van der Waals surface area contributed by atoms with E-state index in [0.717, 1.165) is 16.3 Å². The van der Waals surface area contributed by atoms with Crippen LogP contribution in [0.4, 0.5) is 5.69 Å². The van der Waals surface area contributed by atoms with Crippen LogP contribution in [0.1, 0.15) is 4.88 Å². The van der Waals surface area contributed by atoms with Gasteiger partial charge in [0.1, 0.15) is 0 Å². The highest BCUT2D eigenvalue weighted by atomic mass is 35.5. The zero-order valence-corrected chi connectivity index (χ0v) is 13.6. The van der Waals surface area contributed by atoms with Crippen LogP contribution < -0.4 is 5.32 Å². The lowest BCUT2D eigenvalue weighted by atomic mass is 10.2. The number of benzene rings is 1. The van der Waals surface area contributed by atoms with Crippen molar-refractivity contribution < 1.29 is 0 Å². The summed E-state index contributed by atoms with van der Waals surface area (Å²) in [4.78, 5) is 5.05. The number of hydrogen-bond acceptors (Lipinski definition) is 4. The number of nitrogens with one attached hydrogen (secondary N) is 1. The molecule has 108 valence electrons. The summed E-state index contributed by atoms with van der Waals surface area (Å²) in [6.45, 7) is 0.646. The molecule has 0 unspecified atom stereocenters. The van der Waals surface area contributed by atoms with Gasteiger partial charge in [-0.05, 0) is 18.2 Å². The summed E-state index contributed by atoms with van der Waals surface area (Å²) in [7, 11) is 0. The van der Waals surface area contributed by atoms with Crippen molar-refractivity contribution in [2.75, 3.05) is 5.32 Å². The van der Waals surface area contributed by atoms with Gasteiger partial charge in [-0.1, -0.05) is 34.8 Å². The highest BCUT2D eigenvalue weighted by molar-refractivity contribution is 7.15. The average Bonchev–Trinajstić information content (AvgIpc) is 3.05. The summed E-state index contributed by atoms with van der Waals surface area (Å²) in [5.74, 6) is 0. The lowest BCUT2D eigenvalue weighted by molar-refractivity contribution is 0.881. The van der Waals surface area contributed by atoms with Crippen LogP contribution in [-0.2, 0) is 6.54 Å². The lowest BCUT2D eigenvalue weighted by Gasteiger charge is -2.08. The maximum Gasteiger partial charge on any atom is 0.183 e. The minimum atomic E-state index is 0.538. The second-order valence-corrected chi connectivity index (χ2v) is 6.74. The average molecular weight is 360 g/mol. The Morgan fingerprint density at radius 2 is 2.05 bits per heavy atom. The molecule has 0 saturated carbocycles. The Labute approximate surface area is 140 Å². The van der Waals surface area contributed by atoms with Gasteiger partial charge in [-0.2, -0.15) is 5.10 Å². The Balaban J connectivity index is 1.75. The Hall–Kier alpha value is -1.27. The molecule has 3 aromatic rings. The molecule has 1 N–H and O–H groups in total. The van der Waals surface area contributed by atoms with E-state index in [9.17, 15) is 0 Å². The van der Waals surface area contributed by atoms with Gasteiger partial charge in [0, 0.05) is 23.0 Å². The zero-order chi connectivity index (χ0) is 14.8. The number of rotatable bonds is 4. The molecule has 4 nitrogen and oxygen atoms in total. The predicted octanol–water partition coefficient (Wildman–Crippen LogP) is 4.90. The Morgan fingerprint density at radius 3 is 2.67 bits per heavy atom. The minimum Gasteiger partial charge on any atom is -0.380 e. The van der Waals surface area contributed by atoms with Gasteiger partial charge in [-0.15, -0.1) is 11.3 Å². The minimum absolute atomic E-state index is 0.538. The highest BCUT2D eigenvalue weighted by Gasteiger charge is 2.06. The first-order valence-electron chi connectivity index (χ1n) is 5.96. The molecule has 2 aromatic heterocycles. The van der Waals surface area contributed by atoms with Crippen LogP contribution in [0.25, 0.3) is 5.69 Å². The fourth-order valence-electron chi connectivity index (χ4n) is 1.79. The Kier molecular flexibility index (Phi) is 4.35. The third kappa shape index (κ3) is 3.49. The molecule has 0 amide bonds. The second-order valence-electron chi connectivity index (χ2n) is 4.20.